The van der Waals surface area contributed by atoms with E-state index in [4.69, 9.17) is 0 Å². The van der Waals surface area contributed by atoms with E-state index in [0.717, 1.165) is 24.6 Å². The van der Waals surface area contributed by atoms with Crippen LogP contribution in [0, 0.1) is 6.92 Å². The molecule has 0 amide bonds. The number of rotatable bonds is 1. The summed E-state index contributed by atoms with van der Waals surface area (Å²) in [5.41, 5.74) is 2.20. The molecule has 16 heavy (non-hydrogen) atoms. The van der Waals surface area contributed by atoms with E-state index in [1.807, 2.05) is 19.2 Å². The maximum absolute atomic E-state index is 4.68. The molecule has 1 aliphatic heterocycles. The van der Waals surface area contributed by atoms with E-state index >= 15 is 0 Å². The normalized spacial score (nSPS) is 21.4. The van der Waals surface area contributed by atoms with Gasteiger partial charge in [0.2, 0.25) is 0 Å². The van der Waals surface area contributed by atoms with Crippen molar-refractivity contribution in [1.29, 1.82) is 0 Å². The number of aryl methyl sites for hydroxylation is 1. The van der Waals surface area contributed by atoms with Gasteiger partial charge >= 0.3 is 0 Å². The van der Waals surface area contributed by atoms with Gasteiger partial charge in [-0.05, 0) is 32.4 Å². The molecule has 1 aliphatic rings. The molecule has 3 rings (SSSR count). The van der Waals surface area contributed by atoms with E-state index in [2.05, 4.69) is 25.9 Å². The Labute approximate surface area is 94.7 Å². The second-order valence-electron chi connectivity index (χ2n) is 4.43. The minimum atomic E-state index is 0.563. The fourth-order valence-electron chi connectivity index (χ4n) is 2.37. The lowest BCUT2D eigenvalue weighted by Crippen LogP contribution is -2.28. The minimum Gasteiger partial charge on any atom is -0.316 e. The summed E-state index contributed by atoms with van der Waals surface area (Å²) in [4.78, 5) is 8.95. The molecule has 0 aromatic carbocycles. The number of nitrogens with one attached hydrogen (secondary N) is 1. The van der Waals surface area contributed by atoms with Gasteiger partial charge in [-0.25, -0.2) is 9.97 Å². The Morgan fingerprint density at radius 3 is 3.19 bits per heavy atom. The zero-order valence-corrected chi connectivity index (χ0v) is 9.48. The lowest BCUT2D eigenvalue weighted by molar-refractivity contribution is 0.456. The molecule has 0 bridgehead atoms. The van der Waals surface area contributed by atoms with Crippen molar-refractivity contribution in [2.45, 2.75) is 25.7 Å². The first-order valence-corrected chi connectivity index (χ1v) is 5.86. The van der Waals surface area contributed by atoms with Crippen LogP contribution in [0.15, 0.2) is 18.5 Å². The zero-order chi connectivity index (χ0) is 11.0. The number of fused-ring (bicyclic) bond motifs is 1. The summed E-state index contributed by atoms with van der Waals surface area (Å²) >= 11 is 0. The molecule has 1 atom stereocenters. The third-order valence-corrected chi connectivity index (χ3v) is 3.30. The van der Waals surface area contributed by atoms with Gasteiger partial charge in [-0.3, -0.25) is 4.40 Å². The van der Waals surface area contributed by atoms with Crippen molar-refractivity contribution < 1.29 is 0 Å². The lowest BCUT2D eigenvalue weighted by atomic mass is 9.97. The average Bonchev–Trinajstić information content (AvgIpc) is 2.76. The van der Waals surface area contributed by atoms with Crippen molar-refractivity contribution in [2.75, 3.05) is 13.1 Å². The van der Waals surface area contributed by atoms with Gasteiger partial charge < -0.3 is 5.32 Å². The van der Waals surface area contributed by atoms with Crippen LogP contribution in [-0.4, -0.2) is 27.5 Å². The number of nitrogens with zero attached hydrogens (tertiary/aromatic N) is 3. The molecule has 0 spiro atoms. The van der Waals surface area contributed by atoms with Gasteiger partial charge in [0.05, 0.1) is 5.69 Å². The molecule has 84 valence electrons. The van der Waals surface area contributed by atoms with Crippen LogP contribution in [0.25, 0.3) is 5.65 Å². The molecule has 0 aliphatic carbocycles. The first-order valence-electron chi connectivity index (χ1n) is 5.86. The standard InChI is InChI=1S/C12H16N4/c1-9-14-6-4-12-15-11(8-16(9)12)10-3-2-5-13-7-10/h4,6,8,10,13H,2-3,5,7H2,1H3. The molecule has 1 fully saturated rings. The Balaban J connectivity index is 2.01. The number of hydrogen-bond acceptors (Lipinski definition) is 3. The molecule has 0 radical (unpaired) electrons. The Hall–Kier alpha value is -1.42. The Bertz CT molecular complexity index is 497. The lowest BCUT2D eigenvalue weighted by Gasteiger charge is -2.20. The fraction of sp³-hybridized carbons (Fsp3) is 0.500. The molecule has 2 aromatic rings. The molecule has 3 heterocycles. The maximum Gasteiger partial charge on any atom is 0.139 e. The van der Waals surface area contributed by atoms with Crippen LogP contribution in [0.2, 0.25) is 0 Å². The molecule has 0 saturated carbocycles. The van der Waals surface area contributed by atoms with E-state index in [1.165, 1.54) is 18.5 Å². The predicted molar refractivity (Wildman–Crippen MR) is 62.6 cm³/mol. The van der Waals surface area contributed by atoms with Crippen LogP contribution in [0.3, 0.4) is 0 Å². The highest BCUT2D eigenvalue weighted by atomic mass is 15.1. The van der Waals surface area contributed by atoms with Gasteiger partial charge in [-0.15, -0.1) is 0 Å². The molecule has 4 nitrogen and oxygen atoms in total. The summed E-state index contributed by atoms with van der Waals surface area (Å²) < 4.78 is 2.07. The number of hydrogen-bond donors (Lipinski definition) is 1. The van der Waals surface area contributed by atoms with Crippen LogP contribution < -0.4 is 5.32 Å². The van der Waals surface area contributed by atoms with Gasteiger partial charge in [-0.1, -0.05) is 0 Å². The van der Waals surface area contributed by atoms with Crippen molar-refractivity contribution in [3.8, 4) is 0 Å². The quantitative estimate of drug-likeness (QED) is 0.785. The molecule has 1 saturated heterocycles. The minimum absolute atomic E-state index is 0.563. The Kier molecular flexibility index (Phi) is 2.36. The SMILES string of the molecule is Cc1nccc2nc(C3CCCNC3)cn12. The Morgan fingerprint density at radius 1 is 1.50 bits per heavy atom. The van der Waals surface area contributed by atoms with Gasteiger partial charge in [0, 0.05) is 24.9 Å². The van der Waals surface area contributed by atoms with E-state index in [-0.39, 0.29) is 0 Å². The van der Waals surface area contributed by atoms with Gasteiger partial charge in [0.15, 0.2) is 0 Å². The highest BCUT2D eigenvalue weighted by Gasteiger charge is 2.18. The van der Waals surface area contributed by atoms with E-state index in [1.54, 1.807) is 0 Å². The predicted octanol–water partition coefficient (Wildman–Crippen LogP) is 1.50. The molecule has 2 aromatic heterocycles. The van der Waals surface area contributed by atoms with Crippen LogP contribution >= 0.6 is 0 Å². The molecule has 4 heteroatoms. The van der Waals surface area contributed by atoms with Crippen molar-refractivity contribution >= 4 is 5.65 Å². The van der Waals surface area contributed by atoms with Crippen LogP contribution in [0.1, 0.15) is 30.3 Å². The van der Waals surface area contributed by atoms with E-state index in [0.29, 0.717) is 5.92 Å². The number of aromatic nitrogens is 3. The first kappa shape index (κ1) is 9.78. The summed E-state index contributed by atoms with van der Waals surface area (Å²) in [7, 11) is 0. The van der Waals surface area contributed by atoms with Gasteiger partial charge in [0.25, 0.3) is 0 Å². The third kappa shape index (κ3) is 1.59. The van der Waals surface area contributed by atoms with Crippen molar-refractivity contribution in [1.82, 2.24) is 19.7 Å². The monoisotopic (exact) mass is 216 g/mol. The highest BCUT2D eigenvalue weighted by molar-refractivity contribution is 5.40. The number of imidazole rings is 1. The van der Waals surface area contributed by atoms with Crippen LogP contribution in [0.4, 0.5) is 0 Å². The van der Waals surface area contributed by atoms with Crippen molar-refractivity contribution in [2.24, 2.45) is 0 Å². The maximum atomic E-state index is 4.68. The summed E-state index contributed by atoms with van der Waals surface area (Å²) in [6, 6.07) is 1.97. The fourth-order valence-corrected chi connectivity index (χ4v) is 2.37. The Morgan fingerprint density at radius 2 is 2.44 bits per heavy atom. The van der Waals surface area contributed by atoms with Crippen LogP contribution in [0.5, 0.6) is 0 Å². The zero-order valence-electron chi connectivity index (χ0n) is 9.48. The second-order valence-corrected chi connectivity index (χ2v) is 4.43. The molecule has 1 N–H and O–H groups in total. The average molecular weight is 216 g/mol. The molecule has 1 unspecified atom stereocenters. The topological polar surface area (TPSA) is 42.2 Å². The van der Waals surface area contributed by atoms with Crippen molar-refractivity contribution in [3.63, 3.8) is 0 Å². The summed E-state index contributed by atoms with van der Waals surface area (Å²) in [6.45, 7) is 4.21. The largest absolute Gasteiger partial charge is 0.316 e. The van der Waals surface area contributed by atoms with Crippen LogP contribution in [-0.2, 0) is 0 Å². The molecular weight excluding hydrogens is 200 g/mol. The second kappa shape index (κ2) is 3.87. The van der Waals surface area contributed by atoms with Gasteiger partial charge in [0.1, 0.15) is 11.5 Å². The summed E-state index contributed by atoms with van der Waals surface area (Å²) in [5.74, 6) is 1.56. The van der Waals surface area contributed by atoms with E-state index in [9.17, 15) is 0 Å². The highest BCUT2D eigenvalue weighted by Crippen LogP contribution is 2.22. The summed E-state index contributed by atoms with van der Waals surface area (Å²) in [6.07, 6.45) is 6.44. The van der Waals surface area contributed by atoms with E-state index < -0.39 is 0 Å². The number of piperidine rings is 1. The van der Waals surface area contributed by atoms with Gasteiger partial charge in [-0.2, -0.15) is 0 Å². The smallest absolute Gasteiger partial charge is 0.139 e. The molecular formula is C12H16N4. The summed E-state index contributed by atoms with van der Waals surface area (Å²) in [5, 5.41) is 3.43. The van der Waals surface area contributed by atoms with Crippen molar-refractivity contribution in [3.05, 3.63) is 30.0 Å². The first-order chi connectivity index (χ1) is 7.84. The third-order valence-electron chi connectivity index (χ3n) is 3.30.